The van der Waals surface area contributed by atoms with Crippen molar-refractivity contribution in [3.05, 3.63) is 145 Å². The molecule has 0 aliphatic heterocycles. The molecule has 0 unspecified atom stereocenters. The Labute approximate surface area is 240 Å². The zero-order valence-corrected chi connectivity index (χ0v) is 23.4. The van der Waals surface area contributed by atoms with E-state index in [0.29, 0.717) is 11.4 Å². The van der Waals surface area contributed by atoms with Crippen LogP contribution in [-0.2, 0) is 0 Å². The van der Waals surface area contributed by atoms with E-state index in [2.05, 4.69) is 48.5 Å². The van der Waals surface area contributed by atoms with Gasteiger partial charge in [-0.3, -0.25) is 0 Å². The second-order valence-corrected chi connectivity index (χ2v) is 11.3. The Morgan fingerprint density at radius 2 is 1.12 bits per heavy atom. The molecule has 6 aromatic carbocycles. The van der Waals surface area contributed by atoms with Crippen LogP contribution in [0.15, 0.2) is 133 Å². The lowest BCUT2D eigenvalue weighted by molar-refractivity contribution is 0.527. The van der Waals surface area contributed by atoms with Gasteiger partial charge in [-0.1, -0.05) is 103 Å². The van der Waals surface area contributed by atoms with Gasteiger partial charge in [0.15, 0.2) is 0 Å². The van der Waals surface area contributed by atoms with Crippen LogP contribution in [-0.4, -0.2) is 5.54 Å². The standard InChI is InChI=1S/C38H31F2N/c1-38(2,3)41(35-19-10-9-18-33(35)39)37-34(40)23-22-32(36(37)27-13-5-4-6-14-27)31-17-11-16-29(25-31)30-21-20-26-12-7-8-15-28(26)24-30/h4-25H,1-3H3. The predicted octanol–water partition coefficient (Wildman–Crippen LogP) is 11.1. The number of benzene rings is 6. The van der Waals surface area contributed by atoms with E-state index in [1.165, 1.54) is 22.9 Å². The molecule has 0 amide bonds. The lowest BCUT2D eigenvalue weighted by Crippen LogP contribution is -2.39. The minimum Gasteiger partial charge on any atom is -0.331 e. The normalized spacial score (nSPS) is 11.5. The lowest BCUT2D eigenvalue weighted by Gasteiger charge is -2.40. The van der Waals surface area contributed by atoms with Crippen LogP contribution in [0.25, 0.3) is 44.2 Å². The molecule has 0 atom stereocenters. The summed E-state index contributed by atoms with van der Waals surface area (Å²) in [7, 11) is 0. The lowest BCUT2D eigenvalue weighted by atomic mass is 9.89. The maximum Gasteiger partial charge on any atom is 0.147 e. The predicted molar refractivity (Wildman–Crippen MR) is 169 cm³/mol. The van der Waals surface area contributed by atoms with E-state index in [1.54, 1.807) is 23.1 Å². The molecule has 0 bridgehead atoms. The van der Waals surface area contributed by atoms with Gasteiger partial charge in [-0.25, -0.2) is 8.78 Å². The molecule has 3 heteroatoms. The molecule has 0 aliphatic rings. The van der Waals surface area contributed by atoms with Gasteiger partial charge in [0.25, 0.3) is 0 Å². The van der Waals surface area contributed by atoms with Crippen LogP contribution in [0.1, 0.15) is 20.8 Å². The zero-order valence-electron chi connectivity index (χ0n) is 23.4. The first-order chi connectivity index (χ1) is 19.8. The molecule has 0 aliphatic carbocycles. The highest BCUT2D eigenvalue weighted by Gasteiger charge is 2.31. The van der Waals surface area contributed by atoms with E-state index in [9.17, 15) is 0 Å². The average Bonchev–Trinajstić information content (AvgIpc) is 2.98. The quantitative estimate of drug-likeness (QED) is 0.211. The van der Waals surface area contributed by atoms with Gasteiger partial charge in [0.05, 0.1) is 11.4 Å². The van der Waals surface area contributed by atoms with Gasteiger partial charge in [-0.2, -0.15) is 0 Å². The molecule has 0 N–H and O–H groups in total. The number of fused-ring (bicyclic) bond motifs is 1. The molecule has 0 aromatic heterocycles. The van der Waals surface area contributed by atoms with Crippen LogP contribution < -0.4 is 4.90 Å². The topological polar surface area (TPSA) is 3.24 Å². The summed E-state index contributed by atoms with van der Waals surface area (Å²) in [5.74, 6) is -0.805. The Morgan fingerprint density at radius 3 is 1.88 bits per heavy atom. The van der Waals surface area contributed by atoms with Crippen molar-refractivity contribution >= 4 is 22.1 Å². The molecule has 0 saturated carbocycles. The summed E-state index contributed by atoms with van der Waals surface area (Å²) in [5, 5.41) is 2.37. The van der Waals surface area contributed by atoms with Crippen molar-refractivity contribution < 1.29 is 8.78 Å². The highest BCUT2D eigenvalue weighted by Crippen LogP contribution is 2.47. The number of anilines is 2. The Bertz CT molecular complexity index is 1850. The van der Waals surface area contributed by atoms with Gasteiger partial charge in [-0.15, -0.1) is 0 Å². The molecule has 41 heavy (non-hydrogen) atoms. The summed E-state index contributed by atoms with van der Waals surface area (Å²) in [6.07, 6.45) is 0. The molecule has 202 valence electrons. The van der Waals surface area contributed by atoms with E-state index in [-0.39, 0.29) is 0 Å². The number of hydrogen-bond donors (Lipinski definition) is 0. The third-order valence-electron chi connectivity index (χ3n) is 7.44. The van der Waals surface area contributed by atoms with Crippen molar-refractivity contribution in [3.8, 4) is 33.4 Å². The van der Waals surface area contributed by atoms with Crippen molar-refractivity contribution in [2.75, 3.05) is 4.90 Å². The van der Waals surface area contributed by atoms with Crippen molar-refractivity contribution in [3.63, 3.8) is 0 Å². The van der Waals surface area contributed by atoms with Crippen molar-refractivity contribution in [2.24, 2.45) is 0 Å². The van der Waals surface area contributed by atoms with E-state index in [0.717, 1.165) is 33.4 Å². The van der Waals surface area contributed by atoms with Gasteiger partial charge >= 0.3 is 0 Å². The number of rotatable bonds is 5. The number of para-hydroxylation sites is 1. The smallest absolute Gasteiger partial charge is 0.147 e. The summed E-state index contributed by atoms with van der Waals surface area (Å²) >= 11 is 0. The van der Waals surface area contributed by atoms with Gasteiger partial charge in [0, 0.05) is 11.1 Å². The second-order valence-electron chi connectivity index (χ2n) is 11.3. The van der Waals surface area contributed by atoms with Crippen LogP contribution in [0.2, 0.25) is 0 Å². The van der Waals surface area contributed by atoms with Crippen LogP contribution in [0.3, 0.4) is 0 Å². The summed E-state index contributed by atoms with van der Waals surface area (Å²) < 4.78 is 31.5. The average molecular weight is 540 g/mol. The fourth-order valence-electron chi connectivity index (χ4n) is 5.61. The number of nitrogens with zero attached hydrogens (tertiary/aromatic N) is 1. The Balaban J connectivity index is 1.60. The maximum absolute atomic E-state index is 16.2. The minimum atomic E-state index is -0.627. The summed E-state index contributed by atoms with van der Waals surface area (Å²) in [6, 6.07) is 42.8. The van der Waals surface area contributed by atoms with Crippen molar-refractivity contribution in [1.82, 2.24) is 0 Å². The van der Waals surface area contributed by atoms with Crippen LogP contribution >= 0.6 is 0 Å². The third kappa shape index (κ3) is 5.12. The van der Waals surface area contributed by atoms with E-state index in [4.69, 9.17) is 0 Å². The first-order valence-corrected chi connectivity index (χ1v) is 13.8. The highest BCUT2D eigenvalue weighted by atomic mass is 19.1. The molecular weight excluding hydrogens is 508 g/mol. The maximum atomic E-state index is 16.2. The fourth-order valence-corrected chi connectivity index (χ4v) is 5.61. The van der Waals surface area contributed by atoms with Crippen molar-refractivity contribution in [1.29, 1.82) is 0 Å². The SMILES string of the molecule is CC(C)(C)N(c1ccccc1F)c1c(F)ccc(-c2cccc(-c3ccc4ccccc4c3)c2)c1-c1ccccc1. The molecule has 0 saturated heterocycles. The first-order valence-electron chi connectivity index (χ1n) is 13.8. The van der Waals surface area contributed by atoms with Gasteiger partial charge in [0.2, 0.25) is 0 Å². The zero-order chi connectivity index (χ0) is 28.6. The monoisotopic (exact) mass is 539 g/mol. The van der Waals surface area contributed by atoms with E-state index >= 15 is 8.78 Å². The Kier molecular flexibility index (Phi) is 6.88. The summed E-state index contributed by atoms with van der Waals surface area (Å²) in [4.78, 5) is 1.79. The molecule has 0 heterocycles. The molecule has 6 aromatic rings. The molecule has 0 radical (unpaired) electrons. The van der Waals surface area contributed by atoms with E-state index in [1.807, 2.05) is 75.4 Å². The van der Waals surface area contributed by atoms with Gasteiger partial charge in [-0.05, 0) is 89.7 Å². The van der Waals surface area contributed by atoms with Crippen LogP contribution in [0, 0.1) is 11.6 Å². The molecule has 0 spiro atoms. The molecule has 0 fully saturated rings. The highest BCUT2D eigenvalue weighted by molar-refractivity contribution is 5.96. The first kappa shape index (κ1) is 26.5. The molecule has 6 rings (SSSR count). The minimum absolute atomic E-state index is 0.332. The third-order valence-corrected chi connectivity index (χ3v) is 7.44. The fraction of sp³-hybridized carbons (Fsp3) is 0.105. The van der Waals surface area contributed by atoms with E-state index < -0.39 is 17.2 Å². The Morgan fingerprint density at radius 1 is 0.488 bits per heavy atom. The number of halogens is 2. The van der Waals surface area contributed by atoms with Crippen LogP contribution in [0.4, 0.5) is 20.2 Å². The van der Waals surface area contributed by atoms with Gasteiger partial charge in [0.1, 0.15) is 11.6 Å². The molecular formula is C38H31F2N. The van der Waals surface area contributed by atoms with Crippen molar-refractivity contribution in [2.45, 2.75) is 26.3 Å². The van der Waals surface area contributed by atoms with Crippen LogP contribution in [0.5, 0.6) is 0 Å². The number of hydrogen-bond acceptors (Lipinski definition) is 1. The Hall–Kier alpha value is -4.76. The largest absolute Gasteiger partial charge is 0.331 e. The van der Waals surface area contributed by atoms with Gasteiger partial charge < -0.3 is 4.90 Å². The summed E-state index contributed by atoms with van der Waals surface area (Å²) in [5.41, 5.74) is 5.65. The summed E-state index contributed by atoms with van der Waals surface area (Å²) in [6.45, 7) is 5.92. The second kappa shape index (κ2) is 10.7. The molecule has 1 nitrogen and oxygen atoms in total.